The average Bonchev–Trinajstić information content (AvgIpc) is 2.47. The first-order valence-corrected chi connectivity index (χ1v) is 7.48. The van der Waals surface area contributed by atoms with Crippen LogP contribution in [-0.4, -0.2) is 29.5 Å². The van der Waals surface area contributed by atoms with Crippen LogP contribution in [0.5, 0.6) is 11.5 Å². The quantitative estimate of drug-likeness (QED) is 0.717. The van der Waals surface area contributed by atoms with Crippen LogP contribution in [0.15, 0.2) is 53.0 Å². The molecule has 0 amide bonds. The van der Waals surface area contributed by atoms with E-state index in [1.54, 1.807) is 12.1 Å². The van der Waals surface area contributed by atoms with Gasteiger partial charge >= 0.3 is 0 Å². The largest absolute Gasteiger partial charge is 0.508 e. The predicted octanol–water partition coefficient (Wildman–Crippen LogP) is 2.68. The second-order valence-electron chi connectivity index (χ2n) is 4.72. The number of aliphatic hydroxyl groups excluding tert-OH is 1. The lowest BCUT2D eigenvalue weighted by molar-refractivity contribution is 0.106. The van der Waals surface area contributed by atoms with Gasteiger partial charge in [0.1, 0.15) is 24.2 Å². The van der Waals surface area contributed by atoms with Crippen molar-refractivity contribution in [1.82, 2.24) is 5.32 Å². The highest BCUT2D eigenvalue weighted by Crippen LogP contribution is 2.17. The fourth-order valence-electron chi connectivity index (χ4n) is 1.81. The molecule has 0 fully saturated rings. The minimum atomic E-state index is -0.582. The van der Waals surface area contributed by atoms with E-state index < -0.39 is 6.10 Å². The highest BCUT2D eigenvalue weighted by molar-refractivity contribution is 9.10. The molecule has 0 heterocycles. The standard InChI is InChI=1S/C16H18BrNO3/c17-13-2-1-3-16(8-13)21-11-15(20)10-18-9-12-4-6-14(19)7-5-12/h1-8,15,18-20H,9-11H2. The van der Waals surface area contributed by atoms with E-state index >= 15 is 0 Å². The molecule has 2 rings (SSSR count). The molecule has 112 valence electrons. The van der Waals surface area contributed by atoms with Crippen LogP contribution in [0.1, 0.15) is 5.56 Å². The van der Waals surface area contributed by atoms with Crippen LogP contribution >= 0.6 is 15.9 Å². The molecule has 0 aliphatic carbocycles. The number of halogens is 1. The van der Waals surface area contributed by atoms with Gasteiger partial charge in [0.05, 0.1) is 0 Å². The van der Waals surface area contributed by atoms with Crippen molar-refractivity contribution in [2.75, 3.05) is 13.2 Å². The van der Waals surface area contributed by atoms with Crippen LogP contribution in [0.2, 0.25) is 0 Å². The molecule has 0 aromatic heterocycles. The number of aromatic hydroxyl groups is 1. The molecule has 21 heavy (non-hydrogen) atoms. The molecule has 0 aliphatic rings. The number of hydrogen-bond donors (Lipinski definition) is 3. The fraction of sp³-hybridized carbons (Fsp3) is 0.250. The summed E-state index contributed by atoms with van der Waals surface area (Å²) in [5, 5.41) is 22.2. The van der Waals surface area contributed by atoms with Gasteiger partial charge in [-0.15, -0.1) is 0 Å². The zero-order valence-electron chi connectivity index (χ0n) is 11.5. The molecule has 4 nitrogen and oxygen atoms in total. The van der Waals surface area contributed by atoms with Gasteiger partial charge in [-0.1, -0.05) is 34.1 Å². The van der Waals surface area contributed by atoms with E-state index in [0.717, 1.165) is 15.8 Å². The lowest BCUT2D eigenvalue weighted by Gasteiger charge is -2.13. The van der Waals surface area contributed by atoms with E-state index in [4.69, 9.17) is 4.74 Å². The number of phenolic OH excluding ortho intramolecular Hbond substituents is 1. The summed E-state index contributed by atoms with van der Waals surface area (Å²) in [7, 11) is 0. The summed E-state index contributed by atoms with van der Waals surface area (Å²) in [4.78, 5) is 0. The van der Waals surface area contributed by atoms with Gasteiger partial charge < -0.3 is 20.3 Å². The molecule has 0 saturated heterocycles. The van der Waals surface area contributed by atoms with Gasteiger partial charge in [0.15, 0.2) is 0 Å². The van der Waals surface area contributed by atoms with E-state index in [-0.39, 0.29) is 12.4 Å². The Balaban J connectivity index is 1.67. The summed E-state index contributed by atoms with van der Waals surface area (Å²) >= 11 is 3.37. The molecule has 0 spiro atoms. The van der Waals surface area contributed by atoms with Gasteiger partial charge in [0.2, 0.25) is 0 Å². The minimum absolute atomic E-state index is 0.235. The maximum Gasteiger partial charge on any atom is 0.120 e. The molecule has 3 N–H and O–H groups in total. The summed E-state index contributed by atoms with van der Waals surface area (Å²) in [5.74, 6) is 0.975. The number of phenols is 1. The van der Waals surface area contributed by atoms with E-state index in [1.807, 2.05) is 36.4 Å². The first kappa shape index (κ1) is 15.8. The van der Waals surface area contributed by atoms with Gasteiger partial charge in [0.25, 0.3) is 0 Å². The Labute approximate surface area is 132 Å². The second kappa shape index (κ2) is 8.02. The van der Waals surface area contributed by atoms with Crippen molar-refractivity contribution in [3.63, 3.8) is 0 Å². The van der Waals surface area contributed by atoms with Gasteiger partial charge in [0, 0.05) is 17.6 Å². The van der Waals surface area contributed by atoms with Crippen LogP contribution in [0, 0.1) is 0 Å². The number of benzene rings is 2. The predicted molar refractivity (Wildman–Crippen MR) is 85.5 cm³/mol. The Bertz CT molecular complexity index is 560. The Kier molecular flexibility index (Phi) is 6.04. The van der Waals surface area contributed by atoms with Crippen LogP contribution in [0.25, 0.3) is 0 Å². The number of rotatable bonds is 7. The van der Waals surface area contributed by atoms with Crippen molar-refractivity contribution in [2.24, 2.45) is 0 Å². The van der Waals surface area contributed by atoms with Gasteiger partial charge in [-0.2, -0.15) is 0 Å². The molecular weight excluding hydrogens is 334 g/mol. The summed E-state index contributed by atoms with van der Waals surface area (Å²) < 4.78 is 6.46. The molecule has 1 atom stereocenters. The van der Waals surface area contributed by atoms with Crippen molar-refractivity contribution >= 4 is 15.9 Å². The fourth-order valence-corrected chi connectivity index (χ4v) is 2.18. The van der Waals surface area contributed by atoms with E-state index in [9.17, 15) is 10.2 Å². The monoisotopic (exact) mass is 351 g/mol. The van der Waals surface area contributed by atoms with Gasteiger partial charge in [-0.25, -0.2) is 0 Å². The molecule has 1 unspecified atom stereocenters. The van der Waals surface area contributed by atoms with Crippen molar-refractivity contribution in [1.29, 1.82) is 0 Å². The van der Waals surface area contributed by atoms with Crippen molar-refractivity contribution < 1.29 is 14.9 Å². The normalized spacial score (nSPS) is 12.1. The number of hydrogen-bond acceptors (Lipinski definition) is 4. The molecule has 0 bridgehead atoms. The van der Waals surface area contributed by atoms with Crippen LogP contribution < -0.4 is 10.1 Å². The number of nitrogens with one attached hydrogen (secondary N) is 1. The molecule has 0 saturated carbocycles. The smallest absolute Gasteiger partial charge is 0.120 e. The summed E-state index contributed by atoms with van der Waals surface area (Å²) in [6.07, 6.45) is -0.582. The third-order valence-corrected chi connectivity index (χ3v) is 3.38. The van der Waals surface area contributed by atoms with E-state index in [0.29, 0.717) is 13.1 Å². The Morgan fingerprint density at radius 1 is 1.14 bits per heavy atom. The Hall–Kier alpha value is -1.56. The highest BCUT2D eigenvalue weighted by atomic mass is 79.9. The van der Waals surface area contributed by atoms with Gasteiger partial charge in [-0.3, -0.25) is 0 Å². The first-order chi connectivity index (χ1) is 10.1. The van der Waals surface area contributed by atoms with E-state index in [2.05, 4.69) is 21.2 Å². The molecule has 5 heteroatoms. The number of ether oxygens (including phenoxy) is 1. The summed E-state index contributed by atoms with van der Waals surface area (Å²) in [5.41, 5.74) is 1.05. The lowest BCUT2D eigenvalue weighted by atomic mass is 10.2. The topological polar surface area (TPSA) is 61.7 Å². The molecule has 0 aliphatic heterocycles. The SMILES string of the molecule is Oc1ccc(CNCC(O)COc2cccc(Br)c2)cc1. The summed E-state index contributed by atoms with van der Waals surface area (Å²) in [6.45, 7) is 1.31. The van der Waals surface area contributed by atoms with Crippen molar-refractivity contribution in [3.05, 3.63) is 58.6 Å². The average molecular weight is 352 g/mol. The molecule has 0 radical (unpaired) electrons. The Morgan fingerprint density at radius 2 is 1.90 bits per heavy atom. The third-order valence-electron chi connectivity index (χ3n) is 2.88. The first-order valence-electron chi connectivity index (χ1n) is 6.68. The lowest BCUT2D eigenvalue weighted by Crippen LogP contribution is -2.31. The van der Waals surface area contributed by atoms with Crippen LogP contribution in [-0.2, 0) is 6.54 Å². The molecule has 2 aromatic carbocycles. The van der Waals surface area contributed by atoms with Crippen LogP contribution in [0.3, 0.4) is 0 Å². The van der Waals surface area contributed by atoms with E-state index in [1.165, 1.54) is 0 Å². The van der Waals surface area contributed by atoms with Crippen molar-refractivity contribution in [3.8, 4) is 11.5 Å². The zero-order valence-corrected chi connectivity index (χ0v) is 13.1. The molecule has 2 aromatic rings. The summed E-state index contributed by atoms with van der Waals surface area (Å²) in [6, 6.07) is 14.5. The maximum absolute atomic E-state index is 9.86. The molecular formula is C16H18BrNO3. The Morgan fingerprint density at radius 3 is 2.62 bits per heavy atom. The third kappa shape index (κ3) is 5.75. The van der Waals surface area contributed by atoms with Crippen molar-refractivity contribution in [2.45, 2.75) is 12.6 Å². The maximum atomic E-state index is 9.86. The van der Waals surface area contributed by atoms with Gasteiger partial charge in [-0.05, 0) is 35.9 Å². The van der Waals surface area contributed by atoms with Crippen LogP contribution in [0.4, 0.5) is 0 Å². The highest BCUT2D eigenvalue weighted by Gasteiger charge is 2.05. The minimum Gasteiger partial charge on any atom is -0.508 e. The zero-order chi connectivity index (χ0) is 15.1. The number of aliphatic hydroxyl groups is 1. The second-order valence-corrected chi connectivity index (χ2v) is 5.64.